The molecule has 0 saturated carbocycles. The van der Waals surface area contributed by atoms with Gasteiger partial charge in [-0.1, -0.05) is 12.1 Å². The first kappa shape index (κ1) is 17.9. The summed E-state index contributed by atoms with van der Waals surface area (Å²) in [5.74, 6) is 0.188. The Kier molecular flexibility index (Phi) is 4.65. The third-order valence-electron chi connectivity index (χ3n) is 4.52. The highest BCUT2D eigenvalue weighted by atomic mass is 19.1. The number of nitrogens with one attached hydrogen (secondary N) is 2. The van der Waals surface area contributed by atoms with E-state index in [1.807, 2.05) is 36.7 Å². The van der Waals surface area contributed by atoms with E-state index in [1.54, 1.807) is 18.2 Å². The molecule has 0 radical (unpaired) electrons. The van der Waals surface area contributed by atoms with Gasteiger partial charge in [-0.3, -0.25) is 9.48 Å². The van der Waals surface area contributed by atoms with Gasteiger partial charge in [0.05, 0.1) is 16.7 Å². The first-order chi connectivity index (χ1) is 13.5. The minimum Gasteiger partial charge on any atom is -0.338 e. The Bertz CT molecular complexity index is 1160. The number of carbonyl (C=O) groups excluding carboxylic acids is 1. The highest BCUT2D eigenvalue weighted by molar-refractivity contribution is 5.93. The summed E-state index contributed by atoms with van der Waals surface area (Å²) in [6.07, 6.45) is 0.331. The highest BCUT2D eigenvalue weighted by Gasteiger charge is 2.09. The number of amides is 1. The van der Waals surface area contributed by atoms with Crippen LogP contribution < -0.4 is 5.32 Å². The molecule has 0 unspecified atom stereocenters. The molecule has 0 saturated heterocycles. The monoisotopic (exact) mass is 377 g/mol. The van der Waals surface area contributed by atoms with Crippen LogP contribution in [0.3, 0.4) is 0 Å². The molecule has 0 aliphatic rings. The molecule has 1 amide bonds. The topological polar surface area (TPSA) is 75.6 Å². The second-order valence-electron chi connectivity index (χ2n) is 6.78. The molecule has 2 aromatic heterocycles. The molecule has 0 aliphatic heterocycles. The lowest BCUT2D eigenvalue weighted by Crippen LogP contribution is -2.15. The molecule has 7 heteroatoms. The van der Waals surface area contributed by atoms with Crippen LogP contribution in [0.5, 0.6) is 0 Å². The molecule has 142 valence electrons. The third-order valence-corrected chi connectivity index (χ3v) is 4.52. The van der Waals surface area contributed by atoms with Gasteiger partial charge in [0.25, 0.3) is 0 Å². The first-order valence-electron chi connectivity index (χ1n) is 9.04. The average Bonchev–Trinajstić information content (AvgIpc) is 3.22. The van der Waals surface area contributed by atoms with Gasteiger partial charge in [0, 0.05) is 29.9 Å². The molecule has 0 spiro atoms. The summed E-state index contributed by atoms with van der Waals surface area (Å²) < 4.78 is 15.3. The fraction of sp³-hybridized carbons (Fsp3) is 0.190. The quantitative estimate of drug-likeness (QED) is 0.547. The van der Waals surface area contributed by atoms with Gasteiger partial charge >= 0.3 is 0 Å². The van der Waals surface area contributed by atoms with Gasteiger partial charge < -0.3 is 10.3 Å². The number of aryl methyl sites for hydroxylation is 3. The molecule has 0 bridgehead atoms. The van der Waals surface area contributed by atoms with Crippen molar-refractivity contribution in [2.45, 2.75) is 26.8 Å². The van der Waals surface area contributed by atoms with E-state index in [0.717, 1.165) is 22.4 Å². The van der Waals surface area contributed by atoms with Crippen LogP contribution >= 0.6 is 0 Å². The van der Waals surface area contributed by atoms with Gasteiger partial charge in [-0.15, -0.1) is 0 Å². The summed E-state index contributed by atoms with van der Waals surface area (Å²) in [6.45, 7) is 4.43. The molecule has 4 rings (SSSR count). The molecule has 0 atom stereocenters. The first-order valence-corrected chi connectivity index (χ1v) is 9.04. The van der Waals surface area contributed by atoms with E-state index in [4.69, 9.17) is 0 Å². The zero-order valence-corrected chi connectivity index (χ0v) is 15.7. The molecule has 2 aromatic carbocycles. The molecular weight excluding hydrogens is 357 g/mol. The number of fused-ring (bicyclic) bond motifs is 1. The number of hydrogen-bond donors (Lipinski definition) is 2. The number of rotatable bonds is 5. The van der Waals surface area contributed by atoms with Crippen LogP contribution in [0.2, 0.25) is 0 Å². The summed E-state index contributed by atoms with van der Waals surface area (Å²) >= 11 is 0. The van der Waals surface area contributed by atoms with Crippen molar-refractivity contribution in [3.05, 3.63) is 65.7 Å². The van der Waals surface area contributed by atoms with Gasteiger partial charge in [0.15, 0.2) is 0 Å². The van der Waals surface area contributed by atoms with Crippen molar-refractivity contribution in [3.8, 4) is 11.4 Å². The van der Waals surface area contributed by atoms with E-state index >= 15 is 0 Å². The average molecular weight is 377 g/mol. The number of halogens is 1. The molecule has 0 aliphatic carbocycles. The summed E-state index contributed by atoms with van der Waals surface area (Å²) in [7, 11) is 0. The molecule has 2 heterocycles. The molecule has 0 fully saturated rings. The molecule has 6 nitrogen and oxygen atoms in total. The Morgan fingerprint density at radius 2 is 2.04 bits per heavy atom. The maximum Gasteiger partial charge on any atom is 0.226 e. The Morgan fingerprint density at radius 3 is 2.79 bits per heavy atom. The normalized spacial score (nSPS) is 11.1. The number of benzene rings is 2. The maximum atomic E-state index is 13.4. The van der Waals surface area contributed by atoms with Crippen LogP contribution in [0.1, 0.15) is 17.8 Å². The van der Waals surface area contributed by atoms with Crippen LogP contribution in [-0.2, 0) is 11.3 Å². The fourth-order valence-corrected chi connectivity index (χ4v) is 3.19. The number of nitrogens with zero attached hydrogens (tertiary/aromatic N) is 3. The minimum absolute atomic E-state index is 0.0863. The Morgan fingerprint density at radius 1 is 1.18 bits per heavy atom. The maximum absolute atomic E-state index is 13.4. The van der Waals surface area contributed by atoms with E-state index in [1.165, 1.54) is 12.1 Å². The van der Waals surface area contributed by atoms with Crippen molar-refractivity contribution in [3.63, 3.8) is 0 Å². The summed E-state index contributed by atoms with van der Waals surface area (Å²) in [5.41, 5.74) is 4.85. The summed E-state index contributed by atoms with van der Waals surface area (Å²) in [6, 6.07) is 13.7. The van der Waals surface area contributed by atoms with Crippen LogP contribution in [0.25, 0.3) is 22.4 Å². The van der Waals surface area contributed by atoms with Crippen molar-refractivity contribution in [1.82, 2.24) is 19.7 Å². The van der Waals surface area contributed by atoms with Gasteiger partial charge in [-0.2, -0.15) is 5.10 Å². The molecule has 2 N–H and O–H groups in total. The van der Waals surface area contributed by atoms with Gasteiger partial charge in [0.1, 0.15) is 11.6 Å². The SMILES string of the molecule is Cc1cc(C)n(CCC(=O)Nc2ccc3nc(-c4cccc(F)c4)[nH]c3c2)n1. The number of carbonyl (C=O) groups is 1. The molecular formula is C21H20FN5O. The Balaban J connectivity index is 1.47. The van der Waals surface area contributed by atoms with Crippen LogP contribution in [-0.4, -0.2) is 25.7 Å². The van der Waals surface area contributed by atoms with Crippen LogP contribution in [0.4, 0.5) is 10.1 Å². The standard InChI is InChI=1S/C21H20FN5O/c1-13-10-14(2)27(26-13)9-8-20(28)23-17-6-7-18-19(12-17)25-21(24-18)15-4-3-5-16(22)11-15/h3-7,10-12H,8-9H2,1-2H3,(H,23,28)(H,24,25). The lowest BCUT2D eigenvalue weighted by molar-refractivity contribution is -0.116. The second kappa shape index (κ2) is 7.26. The fourth-order valence-electron chi connectivity index (χ4n) is 3.19. The zero-order chi connectivity index (χ0) is 19.7. The lowest BCUT2D eigenvalue weighted by atomic mass is 10.2. The number of aromatic amines is 1. The van der Waals surface area contributed by atoms with E-state index < -0.39 is 0 Å². The molecule has 4 aromatic rings. The van der Waals surface area contributed by atoms with Crippen molar-refractivity contribution in [2.24, 2.45) is 0 Å². The highest BCUT2D eigenvalue weighted by Crippen LogP contribution is 2.23. The third kappa shape index (κ3) is 3.78. The Hall–Kier alpha value is -3.48. The van der Waals surface area contributed by atoms with Gasteiger partial charge in [0.2, 0.25) is 5.91 Å². The largest absolute Gasteiger partial charge is 0.338 e. The van der Waals surface area contributed by atoms with Crippen LogP contribution in [0.15, 0.2) is 48.5 Å². The lowest BCUT2D eigenvalue weighted by Gasteiger charge is -2.06. The predicted molar refractivity (Wildman–Crippen MR) is 106 cm³/mol. The van der Waals surface area contributed by atoms with Crippen molar-refractivity contribution >= 4 is 22.6 Å². The summed E-state index contributed by atoms with van der Waals surface area (Å²) in [4.78, 5) is 19.9. The van der Waals surface area contributed by atoms with Crippen LogP contribution in [0, 0.1) is 19.7 Å². The van der Waals surface area contributed by atoms with Crippen molar-refractivity contribution in [1.29, 1.82) is 0 Å². The van der Waals surface area contributed by atoms with E-state index in [0.29, 0.717) is 30.0 Å². The van der Waals surface area contributed by atoms with E-state index in [2.05, 4.69) is 20.4 Å². The van der Waals surface area contributed by atoms with Crippen molar-refractivity contribution in [2.75, 3.05) is 5.32 Å². The Labute approximate surface area is 161 Å². The number of H-pyrrole nitrogens is 1. The van der Waals surface area contributed by atoms with Gasteiger partial charge in [-0.25, -0.2) is 9.37 Å². The number of imidazole rings is 1. The van der Waals surface area contributed by atoms with Gasteiger partial charge in [-0.05, 0) is 50.2 Å². The number of aromatic nitrogens is 4. The molecule has 28 heavy (non-hydrogen) atoms. The van der Waals surface area contributed by atoms with Crippen molar-refractivity contribution < 1.29 is 9.18 Å². The smallest absolute Gasteiger partial charge is 0.226 e. The predicted octanol–water partition coefficient (Wildman–Crippen LogP) is 4.21. The zero-order valence-electron chi connectivity index (χ0n) is 15.7. The van der Waals surface area contributed by atoms with E-state index in [-0.39, 0.29) is 11.7 Å². The number of anilines is 1. The second-order valence-corrected chi connectivity index (χ2v) is 6.78. The minimum atomic E-state index is -0.312. The summed E-state index contributed by atoms with van der Waals surface area (Å²) in [5, 5.41) is 7.27. The van der Waals surface area contributed by atoms with E-state index in [9.17, 15) is 9.18 Å². The number of hydrogen-bond acceptors (Lipinski definition) is 3.